The maximum absolute atomic E-state index is 10.7. The second-order valence-corrected chi connectivity index (χ2v) is 4.08. The van der Waals surface area contributed by atoms with Gasteiger partial charge in [0.15, 0.2) is 0 Å². The van der Waals surface area contributed by atoms with E-state index < -0.39 is 5.97 Å². The van der Waals surface area contributed by atoms with Crippen LogP contribution in [0.15, 0.2) is 0 Å². The molecule has 1 unspecified atom stereocenters. The first kappa shape index (κ1) is 13.4. The van der Waals surface area contributed by atoms with Gasteiger partial charge in [0.25, 0.3) is 0 Å². The first-order valence-electron chi connectivity index (χ1n) is 5.76. The Labute approximate surface area is 96.3 Å². The zero-order valence-electron chi connectivity index (χ0n) is 9.85. The van der Waals surface area contributed by atoms with Gasteiger partial charge in [-0.25, -0.2) is 0 Å². The molecule has 0 radical (unpaired) electrons. The average molecular weight is 231 g/mol. The topological polar surface area (TPSA) is 59.0 Å². The van der Waals surface area contributed by atoms with Gasteiger partial charge in [0.05, 0.1) is 19.1 Å². The minimum atomic E-state index is -0.668. The molecule has 1 aliphatic heterocycles. The molecule has 5 nitrogen and oxygen atoms in total. The van der Waals surface area contributed by atoms with Crippen molar-refractivity contribution >= 4 is 5.97 Å². The fraction of sp³-hybridized carbons (Fsp3) is 0.909. The summed E-state index contributed by atoms with van der Waals surface area (Å²) in [5.74, 6) is -0.840. The van der Waals surface area contributed by atoms with Gasteiger partial charge in [0.2, 0.25) is 0 Å². The lowest BCUT2D eigenvalue weighted by atomic mass is 10.1. The predicted molar refractivity (Wildman–Crippen MR) is 59.5 cm³/mol. The van der Waals surface area contributed by atoms with Crippen LogP contribution in [0.25, 0.3) is 0 Å². The highest BCUT2D eigenvalue weighted by molar-refractivity contribution is 5.70. The number of carboxylic acid groups (broad SMARTS) is 1. The fourth-order valence-electron chi connectivity index (χ4n) is 1.87. The average Bonchev–Trinajstić information content (AvgIpc) is 2.72. The molecule has 5 heteroatoms. The molecule has 0 aromatic rings. The van der Waals surface area contributed by atoms with Crippen molar-refractivity contribution in [2.24, 2.45) is 5.92 Å². The molecule has 1 N–H and O–H groups in total. The second kappa shape index (κ2) is 7.60. The Morgan fingerprint density at radius 2 is 2.25 bits per heavy atom. The quantitative estimate of drug-likeness (QED) is 0.614. The zero-order chi connectivity index (χ0) is 11.8. The zero-order valence-corrected chi connectivity index (χ0v) is 9.85. The van der Waals surface area contributed by atoms with Crippen molar-refractivity contribution in [3.8, 4) is 0 Å². The van der Waals surface area contributed by atoms with E-state index in [0.29, 0.717) is 19.8 Å². The molecule has 94 valence electrons. The van der Waals surface area contributed by atoms with Crippen LogP contribution in [0.3, 0.4) is 0 Å². The molecule has 0 saturated carbocycles. The molecule has 1 saturated heterocycles. The van der Waals surface area contributed by atoms with E-state index in [1.807, 2.05) is 0 Å². The number of likely N-dealkylation sites (tertiary alicyclic amines) is 1. The van der Waals surface area contributed by atoms with Crippen LogP contribution < -0.4 is 0 Å². The summed E-state index contributed by atoms with van der Waals surface area (Å²) >= 11 is 0. The van der Waals surface area contributed by atoms with Crippen molar-refractivity contribution in [2.45, 2.75) is 12.8 Å². The van der Waals surface area contributed by atoms with Crippen LogP contribution in [0, 0.1) is 5.92 Å². The summed E-state index contributed by atoms with van der Waals surface area (Å²) in [6.45, 7) is 4.50. The van der Waals surface area contributed by atoms with E-state index in [4.69, 9.17) is 14.6 Å². The number of rotatable bonds is 8. The van der Waals surface area contributed by atoms with E-state index in [2.05, 4.69) is 4.90 Å². The van der Waals surface area contributed by atoms with Crippen molar-refractivity contribution in [1.82, 2.24) is 4.90 Å². The molecule has 0 aliphatic carbocycles. The number of aliphatic carboxylic acids is 1. The molecule has 0 amide bonds. The van der Waals surface area contributed by atoms with Crippen LogP contribution in [0.5, 0.6) is 0 Å². The molecule has 0 aromatic carbocycles. The van der Waals surface area contributed by atoms with E-state index in [1.165, 1.54) is 0 Å². The molecule has 1 atom stereocenters. The van der Waals surface area contributed by atoms with Crippen molar-refractivity contribution in [2.75, 3.05) is 46.6 Å². The summed E-state index contributed by atoms with van der Waals surface area (Å²) < 4.78 is 10.2. The van der Waals surface area contributed by atoms with Crippen molar-refractivity contribution in [3.63, 3.8) is 0 Å². The van der Waals surface area contributed by atoms with Crippen molar-refractivity contribution < 1.29 is 19.4 Å². The molecule has 1 rings (SSSR count). The van der Waals surface area contributed by atoms with Gasteiger partial charge in [0.1, 0.15) is 0 Å². The lowest BCUT2D eigenvalue weighted by Gasteiger charge is -2.14. The maximum atomic E-state index is 10.7. The third-order valence-corrected chi connectivity index (χ3v) is 2.82. The summed E-state index contributed by atoms with van der Waals surface area (Å²) in [4.78, 5) is 12.9. The Balaban J connectivity index is 1.96. The van der Waals surface area contributed by atoms with Gasteiger partial charge in [0, 0.05) is 26.8 Å². The van der Waals surface area contributed by atoms with Gasteiger partial charge in [-0.3, -0.25) is 4.79 Å². The van der Waals surface area contributed by atoms with Crippen LogP contribution in [-0.4, -0.2) is 62.5 Å². The number of carboxylic acids is 1. The Morgan fingerprint density at radius 1 is 1.44 bits per heavy atom. The SMILES string of the molecule is COCCOCCCN1CCC(C(=O)O)C1. The molecule has 16 heavy (non-hydrogen) atoms. The summed E-state index contributed by atoms with van der Waals surface area (Å²) in [5, 5.41) is 8.83. The second-order valence-electron chi connectivity index (χ2n) is 4.08. The van der Waals surface area contributed by atoms with Gasteiger partial charge in [-0.2, -0.15) is 0 Å². The van der Waals surface area contributed by atoms with E-state index in [1.54, 1.807) is 7.11 Å². The third-order valence-electron chi connectivity index (χ3n) is 2.82. The third kappa shape index (κ3) is 4.92. The van der Waals surface area contributed by atoms with Gasteiger partial charge in [-0.05, 0) is 19.4 Å². The minimum absolute atomic E-state index is 0.172. The number of carbonyl (C=O) groups is 1. The standard InChI is InChI=1S/C11H21NO4/c1-15-7-8-16-6-2-4-12-5-3-10(9-12)11(13)14/h10H,2-9H2,1H3,(H,13,14). The van der Waals surface area contributed by atoms with E-state index in [9.17, 15) is 4.79 Å². The molecule has 0 aromatic heterocycles. The smallest absolute Gasteiger partial charge is 0.307 e. The molecular formula is C11H21NO4. The molecule has 1 aliphatic rings. The molecule has 1 fully saturated rings. The molecular weight excluding hydrogens is 210 g/mol. The summed E-state index contributed by atoms with van der Waals surface area (Å²) in [7, 11) is 1.65. The first-order valence-corrected chi connectivity index (χ1v) is 5.76. The number of hydrogen-bond donors (Lipinski definition) is 1. The predicted octanol–water partition coefficient (Wildman–Crippen LogP) is 0.446. The normalized spacial score (nSPS) is 21.4. The van der Waals surface area contributed by atoms with Gasteiger partial charge >= 0.3 is 5.97 Å². The molecule has 0 spiro atoms. The summed E-state index contributed by atoms with van der Waals surface area (Å²) in [6.07, 6.45) is 1.73. The monoisotopic (exact) mass is 231 g/mol. The number of methoxy groups -OCH3 is 1. The summed E-state index contributed by atoms with van der Waals surface area (Å²) in [5.41, 5.74) is 0. The number of ether oxygens (including phenoxy) is 2. The van der Waals surface area contributed by atoms with E-state index in [0.717, 1.165) is 32.5 Å². The van der Waals surface area contributed by atoms with Crippen molar-refractivity contribution in [3.05, 3.63) is 0 Å². The van der Waals surface area contributed by atoms with Crippen LogP contribution in [-0.2, 0) is 14.3 Å². The molecule has 0 bridgehead atoms. The number of nitrogens with zero attached hydrogens (tertiary/aromatic N) is 1. The highest BCUT2D eigenvalue weighted by Gasteiger charge is 2.27. The Kier molecular flexibility index (Phi) is 6.37. The van der Waals surface area contributed by atoms with Crippen LogP contribution in [0.1, 0.15) is 12.8 Å². The lowest BCUT2D eigenvalue weighted by Crippen LogP contribution is -2.25. The fourth-order valence-corrected chi connectivity index (χ4v) is 1.87. The maximum Gasteiger partial charge on any atom is 0.307 e. The van der Waals surface area contributed by atoms with Crippen molar-refractivity contribution in [1.29, 1.82) is 0 Å². The Bertz CT molecular complexity index is 210. The van der Waals surface area contributed by atoms with Gasteiger partial charge in [-0.15, -0.1) is 0 Å². The van der Waals surface area contributed by atoms with Gasteiger partial charge in [-0.1, -0.05) is 0 Å². The van der Waals surface area contributed by atoms with Crippen LogP contribution in [0.4, 0.5) is 0 Å². The largest absolute Gasteiger partial charge is 0.481 e. The Hall–Kier alpha value is -0.650. The van der Waals surface area contributed by atoms with Gasteiger partial charge < -0.3 is 19.5 Å². The molecule has 1 heterocycles. The van der Waals surface area contributed by atoms with E-state index >= 15 is 0 Å². The van der Waals surface area contributed by atoms with Crippen LogP contribution in [0.2, 0.25) is 0 Å². The Morgan fingerprint density at radius 3 is 2.88 bits per heavy atom. The van der Waals surface area contributed by atoms with Crippen LogP contribution >= 0.6 is 0 Å². The highest BCUT2D eigenvalue weighted by Crippen LogP contribution is 2.16. The number of hydrogen-bond acceptors (Lipinski definition) is 4. The lowest BCUT2D eigenvalue weighted by molar-refractivity contribution is -0.141. The minimum Gasteiger partial charge on any atom is -0.481 e. The summed E-state index contributed by atoms with van der Waals surface area (Å²) in [6, 6.07) is 0. The highest BCUT2D eigenvalue weighted by atomic mass is 16.5. The first-order chi connectivity index (χ1) is 7.74. The van der Waals surface area contributed by atoms with E-state index in [-0.39, 0.29) is 5.92 Å².